The van der Waals surface area contributed by atoms with Crippen molar-refractivity contribution in [2.45, 2.75) is 31.7 Å². The molecule has 2 aromatic rings. The predicted molar refractivity (Wildman–Crippen MR) is 101 cm³/mol. The van der Waals surface area contributed by atoms with Gasteiger partial charge in [0.05, 0.1) is 29.4 Å². The monoisotopic (exact) mass is 398 g/mol. The van der Waals surface area contributed by atoms with Crippen molar-refractivity contribution in [3.05, 3.63) is 30.4 Å². The second-order valence-corrected chi connectivity index (χ2v) is 7.55. The van der Waals surface area contributed by atoms with Gasteiger partial charge < -0.3 is 9.80 Å². The molecule has 2 fully saturated rings. The Hall–Kier alpha value is -3.30. The fourth-order valence-corrected chi connectivity index (χ4v) is 4.12. The Bertz CT molecular complexity index is 970. The number of likely N-dealkylation sites (N-methyl/N-ethyl adjacent to an activating group) is 1. The second kappa shape index (κ2) is 7.61. The quantitative estimate of drug-likeness (QED) is 0.716. The Labute approximate surface area is 166 Å². The summed E-state index contributed by atoms with van der Waals surface area (Å²) in [5.74, 6) is -1.87. The largest absolute Gasteiger partial charge is 0.343 e. The predicted octanol–water partition coefficient (Wildman–Crippen LogP) is -0.155. The lowest BCUT2D eigenvalue weighted by Crippen LogP contribution is -2.48. The number of nitrogens with zero attached hydrogens (tertiary/aromatic N) is 5. The molecule has 4 heterocycles. The molecule has 2 aliphatic rings. The van der Waals surface area contributed by atoms with Gasteiger partial charge in [-0.2, -0.15) is 5.10 Å². The Morgan fingerprint density at radius 3 is 2.76 bits per heavy atom. The molecule has 4 rings (SSSR count). The van der Waals surface area contributed by atoms with Gasteiger partial charge in [-0.15, -0.1) is 0 Å². The number of piperidine rings is 1. The minimum absolute atomic E-state index is 0.0115. The van der Waals surface area contributed by atoms with E-state index in [1.165, 1.54) is 11.1 Å². The van der Waals surface area contributed by atoms with Gasteiger partial charge in [-0.05, 0) is 12.8 Å². The number of amides is 4. The number of fused-ring (bicyclic) bond motifs is 1. The van der Waals surface area contributed by atoms with Gasteiger partial charge in [0.1, 0.15) is 0 Å². The van der Waals surface area contributed by atoms with Crippen molar-refractivity contribution in [1.82, 2.24) is 29.7 Å². The molecule has 152 valence electrons. The summed E-state index contributed by atoms with van der Waals surface area (Å²) < 4.78 is 1.60. The fourth-order valence-electron chi connectivity index (χ4n) is 4.12. The third-order valence-electron chi connectivity index (χ3n) is 5.55. The number of carbonyl (C=O) groups excluding carboxylic acids is 4. The molecular weight excluding hydrogens is 376 g/mol. The lowest BCUT2D eigenvalue weighted by atomic mass is 9.95. The van der Waals surface area contributed by atoms with Crippen LogP contribution >= 0.6 is 0 Å². The maximum absolute atomic E-state index is 13.1. The molecule has 0 spiro atoms. The Balaban J connectivity index is 1.45. The van der Waals surface area contributed by atoms with Crippen LogP contribution < -0.4 is 5.32 Å². The zero-order valence-electron chi connectivity index (χ0n) is 16.1. The highest BCUT2D eigenvalue weighted by Gasteiger charge is 2.36. The van der Waals surface area contributed by atoms with E-state index in [-0.39, 0.29) is 30.7 Å². The van der Waals surface area contributed by atoms with Gasteiger partial charge in [-0.25, -0.2) is 4.52 Å². The highest BCUT2D eigenvalue weighted by Crippen LogP contribution is 2.24. The maximum atomic E-state index is 13.1. The van der Waals surface area contributed by atoms with Crippen molar-refractivity contribution >= 4 is 29.1 Å². The molecule has 10 heteroatoms. The number of nitrogens with one attached hydrogen (secondary N) is 1. The summed E-state index contributed by atoms with van der Waals surface area (Å²) in [6.07, 6.45) is 8.08. The molecule has 0 bridgehead atoms. The summed E-state index contributed by atoms with van der Waals surface area (Å²) in [6.45, 7) is 0.960. The van der Waals surface area contributed by atoms with E-state index in [0.29, 0.717) is 24.2 Å². The standard InChI is InChI=1S/C19H22N6O4/c1-23(18(28)12-7-16(26)22-17(27)8-12)11-13-3-2-5-24(13)19(29)14-9-21-25-6-4-20-10-15(14)25/h4,6,9-10,12-13H,2-3,5,7-8,11H2,1H3,(H,22,26,27). The zero-order valence-corrected chi connectivity index (χ0v) is 16.1. The smallest absolute Gasteiger partial charge is 0.258 e. The lowest BCUT2D eigenvalue weighted by molar-refractivity contribution is -0.144. The van der Waals surface area contributed by atoms with Crippen molar-refractivity contribution in [1.29, 1.82) is 0 Å². The average molecular weight is 398 g/mol. The van der Waals surface area contributed by atoms with E-state index in [1.807, 2.05) is 0 Å². The minimum Gasteiger partial charge on any atom is -0.343 e. The van der Waals surface area contributed by atoms with Crippen LogP contribution in [0.4, 0.5) is 0 Å². The number of hydrogen-bond acceptors (Lipinski definition) is 6. The number of likely N-dealkylation sites (tertiary alicyclic amines) is 1. The van der Waals surface area contributed by atoms with Crippen LogP contribution in [-0.2, 0) is 14.4 Å². The molecule has 1 atom stereocenters. The van der Waals surface area contributed by atoms with Gasteiger partial charge in [0, 0.05) is 51.4 Å². The van der Waals surface area contributed by atoms with Gasteiger partial charge >= 0.3 is 0 Å². The first-order chi connectivity index (χ1) is 13.9. The van der Waals surface area contributed by atoms with Gasteiger partial charge in [0.15, 0.2) is 0 Å². The molecule has 2 aromatic heterocycles. The molecule has 0 saturated carbocycles. The second-order valence-electron chi connectivity index (χ2n) is 7.55. The van der Waals surface area contributed by atoms with Crippen molar-refractivity contribution in [3.8, 4) is 0 Å². The van der Waals surface area contributed by atoms with Crippen LogP contribution in [-0.4, -0.2) is 74.2 Å². The Morgan fingerprint density at radius 2 is 2.00 bits per heavy atom. The number of hydrogen-bond donors (Lipinski definition) is 1. The zero-order chi connectivity index (χ0) is 20.5. The number of aromatic nitrogens is 3. The van der Waals surface area contributed by atoms with Crippen LogP contribution in [0.3, 0.4) is 0 Å². The van der Waals surface area contributed by atoms with E-state index in [9.17, 15) is 19.2 Å². The average Bonchev–Trinajstić information content (AvgIpc) is 3.33. The van der Waals surface area contributed by atoms with Crippen LogP contribution in [0.5, 0.6) is 0 Å². The molecule has 2 aliphatic heterocycles. The number of imide groups is 1. The van der Waals surface area contributed by atoms with E-state index in [4.69, 9.17) is 0 Å². The lowest BCUT2D eigenvalue weighted by Gasteiger charge is -2.31. The van der Waals surface area contributed by atoms with E-state index >= 15 is 0 Å². The first-order valence-electron chi connectivity index (χ1n) is 9.60. The molecule has 4 amide bonds. The molecule has 0 aliphatic carbocycles. The highest BCUT2D eigenvalue weighted by molar-refractivity contribution is 6.02. The normalized spacial score (nSPS) is 20.2. The van der Waals surface area contributed by atoms with Crippen molar-refractivity contribution in [3.63, 3.8) is 0 Å². The summed E-state index contributed by atoms with van der Waals surface area (Å²) in [5.41, 5.74) is 1.12. The molecule has 1 unspecified atom stereocenters. The van der Waals surface area contributed by atoms with Crippen LogP contribution in [0.15, 0.2) is 24.8 Å². The molecule has 0 radical (unpaired) electrons. The molecule has 29 heavy (non-hydrogen) atoms. The molecule has 2 saturated heterocycles. The van der Waals surface area contributed by atoms with Crippen molar-refractivity contribution in [2.24, 2.45) is 5.92 Å². The maximum Gasteiger partial charge on any atom is 0.258 e. The first-order valence-corrected chi connectivity index (χ1v) is 9.60. The third-order valence-corrected chi connectivity index (χ3v) is 5.55. The van der Waals surface area contributed by atoms with Crippen molar-refractivity contribution in [2.75, 3.05) is 20.1 Å². The first kappa shape index (κ1) is 19.0. The van der Waals surface area contributed by atoms with Crippen LogP contribution in [0.2, 0.25) is 0 Å². The fraction of sp³-hybridized carbons (Fsp3) is 0.474. The van der Waals surface area contributed by atoms with Crippen LogP contribution in [0.1, 0.15) is 36.0 Å². The molecule has 10 nitrogen and oxygen atoms in total. The summed E-state index contributed by atoms with van der Waals surface area (Å²) >= 11 is 0. The molecule has 1 N–H and O–H groups in total. The summed E-state index contributed by atoms with van der Waals surface area (Å²) in [7, 11) is 1.65. The van der Waals surface area contributed by atoms with Gasteiger partial charge in [0.2, 0.25) is 17.7 Å². The molecular formula is C19H22N6O4. The Morgan fingerprint density at radius 1 is 1.24 bits per heavy atom. The number of rotatable bonds is 4. The molecule has 0 aromatic carbocycles. The van der Waals surface area contributed by atoms with E-state index in [2.05, 4.69) is 15.4 Å². The minimum atomic E-state index is -0.641. The summed E-state index contributed by atoms with van der Waals surface area (Å²) in [4.78, 5) is 56.3. The van der Waals surface area contributed by atoms with Gasteiger partial charge in [-0.3, -0.25) is 29.5 Å². The van der Waals surface area contributed by atoms with Gasteiger partial charge in [-0.1, -0.05) is 0 Å². The third kappa shape index (κ3) is 3.69. The summed E-state index contributed by atoms with van der Waals surface area (Å²) in [5, 5.41) is 6.41. The van der Waals surface area contributed by atoms with E-state index < -0.39 is 17.7 Å². The number of carbonyl (C=O) groups is 4. The van der Waals surface area contributed by atoms with E-state index in [0.717, 1.165) is 12.8 Å². The van der Waals surface area contributed by atoms with E-state index in [1.54, 1.807) is 35.1 Å². The topological polar surface area (TPSA) is 117 Å². The Kier molecular flexibility index (Phi) is 4.99. The van der Waals surface area contributed by atoms with Crippen LogP contribution in [0.25, 0.3) is 5.52 Å². The van der Waals surface area contributed by atoms with Crippen molar-refractivity contribution < 1.29 is 19.2 Å². The highest BCUT2D eigenvalue weighted by atomic mass is 16.2. The SMILES string of the molecule is CN(CC1CCCN1C(=O)c1cnn2ccncc12)C(=O)C1CC(=O)NC(=O)C1. The van der Waals surface area contributed by atoms with Gasteiger partial charge in [0.25, 0.3) is 5.91 Å². The van der Waals surface area contributed by atoms with Crippen LogP contribution in [0, 0.1) is 5.92 Å². The summed E-state index contributed by atoms with van der Waals surface area (Å²) in [6, 6.07) is -0.129.